The van der Waals surface area contributed by atoms with Crippen molar-refractivity contribution >= 4 is 55.0 Å². The first-order valence-corrected chi connectivity index (χ1v) is 22.0. The molecule has 1 aliphatic heterocycles. The lowest BCUT2D eigenvalue weighted by Gasteiger charge is -2.22. The fourth-order valence-corrected chi connectivity index (χ4v) is 9.71. The molecule has 10 aromatic rings. The molecule has 0 bridgehead atoms. The first-order chi connectivity index (χ1) is 31.5. The fraction of sp³-hybridized carbons (Fsp3) is 0.0678. The second-order valence-electron chi connectivity index (χ2n) is 16.3. The van der Waals surface area contributed by atoms with Crippen LogP contribution < -0.4 is 10.5 Å². The summed E-state index contributed by atoms with van der Waals surface area (Å²) in [7, 11) is 0. The van der Waals surface area contributed by atoms with Gasteiger partial charge in [0, 0.05) is 49.5 Å². The highest BCUT2D eigenvalue weighted by Crippen LogP contribution is 2.47. The first-order valence-electron chi connectivity index (χ1n) is 22.0. The third-order valence-electron chi connectivity index (χ3n) is 12.6. The van der Waals surface area contributed by atoms with Crippen LogP contribution in [0.25, 0.3) is 82.9 Å². The Labute approximate surface area is 373 Å². The minimum Gasteiger partial charge on any atom is -0.452 e. The number of allylic oxidation sites excluding steroid dienone is 3. The smallest absolute Gasteiger partial charge is 0.176 e. The molecule has 5 heteroatoms. The fourth-order valence-electron chi connectivity index (χ4n) is 9.71. The Morgan fingerprint density at radius 1 is 0.578 bits per heavy atom. The molecule has 2 aromatic heterocycles. The summed E-state index contributed by atoms with van der Waals surface area (Å²) >= 11 is 0. The van der Waals surface area contributed by atoms with Gasteiger partial charge >= 0.3 is 0 Å². The molecule has 5 nitrogen and oxygen atoms in total. The summed E-state index contributed by atoms with van der Waals surface area (Å²) in [5.74, 6) is 1.30. The molecule has 0 radical (unpaired) electrons. The van der Waals surface area contributed by atoms with Crippen LogP contribution in [-0.4, -0.2) is 20.9 Å². The SMILES string of the molecule is C/C=C\C(=C/C)C(C)N=C1/C(=C(\N)c2cc(-c3ccccc3)c(-n3c4ccccc4c4ccc5c(c6ccccc6n5-c5ccccc5)c43)c(-c3ccccc3)c2)Oc2ccccc21. The van der Waals surface area contributed by atoms with E-state index in [-0.39, 0.29) is 6.04 Å². The molecule has 308 valence electrons. The van der Waals surface area contributed by atoms with Gasteiger partial charge in [0.1, 0.15) is 11.5 Å². The molecule has 0 saturated carbocycles. The summed E-state index contributed by atoms with van der Waals surface area (Å²) in [6, 6.07) is 66.7. The molecule has 0 fully saturated rings. The highest BCUT2D eigenvalue weighted by atomic mass is 16.5. The monoisotopic (exact) mass is 826 g/mol. The Hall–Kier alpha value is -8.15. The number of aromatic nitrogens is 2. The topological polar surface area (TPSA) is 57.5 Å². The maximum atomic E-state index is 7.49. The lowest BCUT2D eigenvalue weighted by molar-refractivity contribution is 0.470. The van der Waals surface area contributed by atoms with Crippen LogP contribution in [0.15, 0.2) is 223 Å². The van der Waals surface area contributed by atoms with Crippen LogP contribution in [0.4, 0.5) is 0 Å². The number of nitrogens with zero attached hydrogens (tertiary/aromatic N) is 3. The van der Waals surface area contributed by atoms with E-state index in [1.165, 1.54) is 21.5 Å². The minimum atomic E-state index is -0.129. The number of ether oxygens (including phenoxy) is 1. The molecule has 2 N–H and O–H groups in total. The lowest BCUT2D eigenvalue weighted by atomic mass is 9.91. The summed E-state index contributed by atoms with van der Waals surface area (Å²) < 4.78 is 11.6. The maximum absolute atomic E-state index is 7.49. The zero-order valence-corrected chi connectivity index (χ0v) is 36.0. The van der Waals surface area contributed by atoms with Gasteiger partial charge in [-0.05, 0) is 92.1 Å². The van der Waals surface area contributed by atoms with E-state index in [4.69, 9.17) is 15.5 Å². The van der Waals surface area contributed by atoms with E-state index in [2.05, 4.69) is 211 Å². The van der Waals surface area contributed by atoms with Crippen molar-refractivity contribution in [2.24, 2.45) is 10.7 Å². The van der Waals surface area contributed by atoms with Crippen LogP contribution in [0.2, 0.25) is 0 Å². The van der Waals surface area contributed by atoms with Gasteiger partial charge in [0.25, 0.3) is 0 Å². The molecular formula is C59H46N4O. The molecule has 0 spiro atoms. The van der Waals surface area contributed by atoms with Crippen LogP contribution in [0, 0.1) is 0 Å². The largest absolute Gasteiger partial charge is 0.452 e. The van der Waals surface area contributed by atoms with Crippen molar-refractivity contribution in [3.63, 3.8) is 0 Å². The molecule has 0 aliphatic carbocycles. The second-order valence-corrected chi connectivity index (χ2v) is 16.3. The average molecular weight is 827 g/mol. The molecule has 1 atom stereocenters. The van der Waals surface area contributed by atoms with Gasteiger partial charge in [-0.25, -0.2) is 0 Å². The van der Waals surface area contributed by atoms with Crippen LogP contribution in [-0.2, 0) is 0 Å². The second kappa shape index (κ2) is 16.0. The molecule has 1 unspecified atom stereocenters. The Kier molecular flexibility index (Phi) is 9.66. The van der Waals surface area contributed by atoms with Crippen molar-refractivity contribution in [2.75, 3.05) is 0 Å². The minimum absolute atomic E-state index is 0.129. The number of hydrogen-bond acceptors (Lipinski definition) is 3. The Bertz CT molecular complexity index is 3490. The number of fused-ring (bicyclic) bond motifs is 8. The molecular weight excluding hydrogens is 781 g/mol. The molecule has 1 aliphatic rings. The third-order valence-corrected chi connectivity index (χ3v) is 12.6. The van der Waals surface area contributed by atoms with Crippen molar-refractivity contribution in [1.29, 1.82) is 0 Å². The number of nitrogens with two attached hydrogens (primary N) is 1. The van der Waals surface area contributed by atoms with E-state index < -0.39 is 0 Å². The van der Waals surface area contributed by atoms with Gasteiger partial charge in [-0.2, -0.15) is 0 Å². The van der Waals surface area contributed by atoms with E-state index >= 15 is 0 Å². The summed E-state index contributed by atoms with van der Waals surface area (Å²) in [6.07, 6.45) is 6.28. The number of hydrogen-bond donors (Lipinski definition) is 1. The zero-order valence-electron chi connectivity index (χ0n) is 36.0. The van der Waals surface area contributed by atoms with E-state index in [1.54, 1.807) is 0 Å². The van der Waals surface area contributed by atoms with Gasteiger partial charge in [-0.3, -0.25) is 4.99 Å². The molecule has 0 saturated heterocycles. The van der Waals surface area contributed by atoms with Crippen molar-refractivity contribution < 1.29 is 4.74 Å². The standard InChI is InChI=1S/C59H46N4O/c1-4-21-39(5-2)38(3)61-56-47-30-17-20-33-53(47)64-59(56)55(60)42-36-48(40-22-9-6-10-23-40)57(49(37-42)41-24-11-7-12-25-41)63-50-31-18-15-28-44(50)45-34-35-52-54(58(45)63)46-29-16-19-32-51(46)62(52)43-26-13-8-14-27-43/h4-38H,60H2,1-3H3/b21-4-,39-5+,59-55+,61-56?. The third kappa shape index (κ3) is 6.27. The van der Waals surface area contributed by atoms with Crippen LogP contribution in [0.1, 0.15) is 31.9 Å². The predicted molar refractivity (Wildman–Crippen MR) is 269 cm³/mol. The number of para-hydroxylation sites is 4. The van der Waals surface area contributed by atoms with E-state index in [0.29, 0.717) is 11.5 Å². The Morgan fingerprint density at radius 3 is 1.81 bits per heavy atom. The molecule has 3 heterocycles. The summed E-state index contributed by atoms with van der Waals surface area (Å²) in [6.45, 7) is 6.20. The molecule has 8 aromatic carbocycles. The quantitative estimate of drug-likeness (QED) is 0.155. The van der Waals surface area contributed by atoms with Gasteiger partial charge in [-0.1, -0.05) is 152 Å². The van der Waals surface area contributed by atoms with Crippen molar-refractivity contribution in [3.05, 3.63) is 229 Å². The van der Waals surface area contributed by atoms with Crippen molar-refractivity contribution in [1.82, 2.24) is 9.13 Å². The summed E-state index contributed by atoms with van der Waals surface area (Å²) in [4.78, 5) is 5.33. The Morgan fingerprint density at radius 2 is 1.16 bits per heavy atom. The van der Waals surface area contributed by atoms with Crippen molar-refractivity contribution in [3.8, 4) is 39.4 Å². The van der Waals surface area contributed by atoms with Gasteiger partial charge in [0.2, 0.25) is 0 Å². The Balaban J connectivity index is 1.27. The van der Waals surface area contributed by atoms with Crippen LogP contribution in [0.3, 0.4) is 0 Å². The van der Waals surface area contributed by atoms with Crippen LogP contribution in [0.5, 0.6) is 5.75 Å². The average Bonchev–Trinajstić information content (AvgIpc) is 4.01. The highest BCUT2D eigenvalue weighted by molar-refractivity contribution is 6.26. The number of benzene rings is 8. The summed E-state index contributed by atoms with van der Waals surface area (Å²) in [5.41, 5.74) is 22.6. The maximum Gasteiger partial charge on any atom is 0.176 e. The summed E-state index contributed by atoms with van der Waals surface area (Å²) in [5, 5.41) is 4.76. The molecule has 0 amide bonds. The molecule has 11 rings (SSSR count). The van der Waals surface area contributed by atoms with E-state index in [1.807, 2.05) is 25.1 Å². The van der Waals surface area contributed by atoms with Gasteiger partial charge in [0.05, 0.1) is 39.5 Å². The predicted octanol–water partition coefficient (Wildman–Crippen LogP) is 14.6. The highest BCUT2D eigenvalue weighted by Gasteiger charge is 2.31. The van der Waals surface area contributed by atoms with Gasteiger partial charge in [-0.15, -0.1) is 0 Å². The number of rotatable bonds is 8. The van der Waals surface area contributed by atoms with E-state index in [9.17, 15) is 0 Å². The van der Waals surface area contributed by atoms with Gasteiger partial charge in [0.15, 0.2) is 5.76 Å². The molecule has 64 heavy (non-hydrogen) atoms. The normalized spacial score (nSPS) is 14.9. The first kappa shape index (κ1) is 38.7. The zero-order chi connectivity index (χ0) is 43.3. The number of aliphatic imine (C=N–C) groups is 1. The van der Waals surface area contributed by atoms with Gasteiger partial charge < -0.3 is 19.6 Å². The van der Waals surface area contributed by atoms with Crippen molar-refractivity contribution in [2.45, 2.75) is 26.8 Å². The lowest BCUT2D eigenvalue weighted by Crippen LogP contribution is -2.14. The van der Waals surface area contributed by atoms with Crippen LogP contribution >= 0.6 is 0 Å². The van der Waals surface area contributed by atoms with E-state index in [0.717, 1.165) is 83.9 Å².